The van der Waals surface area contributed by atoms with Crippen LogP contribution in [0.25, 0.3) is 43.1 Å². The monoisotopic (exact) mass is 458 g/mol. The number of rotatable bonds is 1. The number of benzene rings is 7. The highest BCUT2D eigenvalue weighted by molar-refractivity contribution is 6.03. The van der Waals surface area contributed by atoms with Crippen LogP contribution in [-0.4, -0.2) is 0 Å². The van der Waals surface area contributed by atoms with Crippen LogP contribution in [0.4, 0.5) is 0 Å². The minimum absolute atomic E-state index is 0.0691. The fourth-order valence-electron chi connectivity index (χ4n) is 6.06. The van der Waals surface area contributed by atoms with Gasteiger partial charge in [0.25, 0.3) is 0 Å². The third-order valence-electron chi connectivity index (χ3n) is 7.72. The number of para-hydroxylation sites is 1. The molecule has 36 heavy (non-hydrogen) atoms. The highest BCUT2D eigenvalue weighted by Crippen LogP contribution is 2.51. The van der Waals surface area contributed by atoms with Crippen LogP contribution >= 0.6 is 0 Å². The van der Waals surface area contributed by atoms with Gasteiger partial charge in [-0.15, -0.1) is 0 Å². The molecule has 1 heteroatoms. The first-order valence-corrected chi connectivity index (χ1v) is 12.5. The average molecular weight is 459 g/mol. The van der Waals surface area contributed by atoms with Crippen LogP contribution in [0.3, 0.4) is 0 Å². The van der Waals surface area contributed by atoms with Crippen molar-refractivity contribution in [1.82, 2.24) is 0 Å². The predicted octanol–water partition coefficient (Wildman–Crippen LogP) is 9.59. The second-order valence-corrected chi connectivity index (χ2v) is 9.74. The normalized spacial score (nSPS) is 14.6. The maximum atomic E-state index is 6.53. The summed E-state index contributed by atoms with van der Waals surface area (Å²) in [5.74, 6) is 1.95. The number of ether oxygens (including phenoxy) is 1. The van der Waals surface area contributed by atoms with Crippen LogP contribution in [0, 0.1) is 0 Å². The predicted molar refractivity (Wildman–Crippen MR) is 150 cm³/mol. The molecule has 0 aromatic heterocycles. The molecule has 1 unspecified atom stereocenters. The topological polar surface area (TPSA) is 9.23 Å². The third-order valence-corrected chi connectivity index (χ3v) is 7.72. The zero-order valence-electron chi connectivity index (χ0n) is 19.6. The Balaban J connectivity index is 1.50. The summed E-state index contributed by atoms with van der Waals surface area (Å²) in [6.45, 7) is 0. The zero-order chi connectivity index (χ0) is 23.6. The van der Waals surface area contributed by atoms with Gasteiger partial charge in [0.15, 0.2) is 0 Å². The second-order valence-electron chi connectivity index (χ2n) is 9.74. The SMILES string of the molecule is c1ccc2c(c1)Oc1ccc3cc4ccccc4cc3c1C2c1cccc2cc3ccccc3cc12. The van der Waals surface area contributed by atoms with Gasteiger partial charge in [-0.25, -0.2) is 0 Å². The van der Waals surface area contributed by atoms with Crippen molar-refractivity contribution in [1.29, 1.82) is 0 Å². The molecule has 168 valence electrons. The molecular weight excluding hydrogens is 436 g/mol. The quantitative estimate of drug-likeness (QED) is 0.223. The maximum Gasteiger partial charge on any atom is 0.132 e. The van der Waals surface area contributed by atoms with Crippen molar-refractivity contribution in [3.63, 3.8) is 0 Å². The summed E-state index contributed by atoms with van der Waals surface area (Å²) in [6, 6.07) is 46.1. The van der Waals surface area contributed by atoms with Gasteiger partial charge in [-0.05, 0) is 85.1 Å². The van der Waals surface area contributed by atoms with Crippen molar-refractivity contribution < 1.29 is 4.74 Å². The first kappa shape index (κ1) is 19.7. The lowest BCUT2D eigenvalue weighted by Gasteiger charge is -2.31. The van der Waals surface area contributed by atoms with E-state index >= 15 is 0 Å². The van der Waals surface area contributed by atoms with E-state index in [0.29, 0.717) is 0 Å². The van der Waals surface area contributed by atoms with Gasteiger partial charge < -0.3 is 4.74 Å². The van der Waals surface area contributed by atoms with Crippen LogP contribution in [0.2, 0.25) is 0 Å². The van der Waals surface area contributed by atoms with E-state index in [1.54, 1.807) is 0 Å². The Hall–Kier alpha value is -4.62. The van der Waals surface area contributed by atoms with Crippen LogP contribution in [0.1, 0.15) is 22.6 Å². The zero-order valence-corrected chi connectivity index (χ0v) is 19.6. The second kappa shape index (κ2) is 7.44. The van der Waals surface area contributed by atoms with Gasteiger partial charge >= 0.3 is 0 Å². The standard InChI is InChI=1S/C35H22O/c1-3-10-24-20-30-26(18-22(24)8-1)12-7-14-28(30)34-29-13-5-6-15-32(29)36-33-17-16-27-19-23-9-2-4-11-25(23)21-31(27)35(33)34/h1-21,34H. The lowest BCUT2D eigenvalue weighted by atomic mass is 9.78. The van der Waals surface area contributed by atoms with Gasteiger partial charge in [0, 0.05) is 17.0 Å². The molecule has 1 nitrogen and oxygen atoms in total. The first-order valence-electron chi connectivity index (χ1n) is 12.5. The molecule has 7 aromatic carbocycles. The lowest BCUT2D eigenvalue weighted by Crippen LogP contribution is -2.12. The van der Waals surface area contributed by atoms with Crippen molar-refractivity contribution in [2.75, 3.05) is 0 Å². The Morgan fingerprint density at radius 3 is 1.69 bits per heavy atom. The molecule has 0 saturated carbocycles. The maximum absolute atomic E-state index is 6.53. The van der Waals surface area contributed by atoms with Crippen LogP contribution in [-0.2, 0) is 0 Å². The smallest absolute Gasteiger partial charge is 0.132 e. The van der Waals surface area contributed by atoms with Crippen molar-refractivity contribution in [2.45, 2.75) is 5.92 Å². The Labute approximate surface area is 209 Å². The number of fused-ring (bicyclic) bond motifs is 7. The Bertz CT molecular complexity index is 1980. The third kappa shape index (κ3) is 2.83. The van der Waals surface area contributed by atoms with E-state index in [-0.39, 0.29) is 5.92 Å². The van der Waals surface area contributed by atoms with Crippen LogP contribution in [0.15, 0.2) is 127 Å². The molecule has 1 atom stereocenters. The van der Waals surface area contributed by atoms with Crippen molar-refractivity contribution in [2.24, 2.45) is 0 Å². The van der Waals surface area contributed by atoms with E-state index < -0.39 is 0 Å². The van der Waals surface area contributed by atoms with Gasteiger partial charge in [-0.2, -0.15) is 0 Å². The van der Waals surface area contributed by atoms with E-state index in [0.717, 1.165) is 11.5 Å². The highest BCUT2D eigenvalue weighted by atomic mass is 16.5. The molecule has 7 aromatic rings. The summed E-state index contributed by atoms with van der Waals surface area (Å²) in [5.41, 5.74) is 3.78. The molecule has 0 spiro atoms. The average Bonchev–Trinajstić information content (AvgIpc) is 2.93. The molecule has 0 aliphatic carbocycles. The Morgan fingerprint density at radius 2 is 0.944 bits per heavy atom. The van der Waals surface area contributed by atoms with Gasteiger partial charge in [0.1, 0.15) is 11.5 Å². The fraction of sp³-hybridized carbons (Fsp3) is 0.0286. The van der Waals surface area contributed by atoms with Crippen LogP contribution < -0.4 is 4.74 Å². The molecule has 0 bridgehead atoms. The fourth-order valence-corrected chi connectivity index (χ4v) is 6.06. The number of hydrogen-bond donors (Lipinski definition) is 0. The van der Waals surface area contributed by atoms with E-state index in [1.165, 1.54) is 59.8 Å². The minimum Gasteiger partial charge on any atom is -0.457 e. The lowest BCUT2D eigenvalue weighted by molar-refractivity contribution is 0.455. The molecular formula is C35H22O. The molecule has 0 fully saturated rings. The van der Waals surface area contributed by atoms with Crippen molar-refractivity contribution in [3.05, 3.63) is 144 Å². The van der Waals surface area contributed by atoms with E-state index in [2.05, 4.69) is 127 Å². The molecule has 8 rings (SSSR count). The minimum atomic E-state index is 0.0691. The van der Waals surface area contributed by atoms with Gasteiger partial charge in [-0.3, -0.25) is 0 Å². The highest BCUT2D eigenvalue weighted by Gasteiger charge is 2.31. The first-order chi connectivity index (χ1) is 17.8. The van der Waals surface area contributed by atoms with Crippen molar-refractivity contribution in [3.8, 4) is 11.5 Å². The Kier molecular flexibility index (Phi) is 4.06. The summed E-state index contributed by atoms with van der Waals surface area (Å²) >= 11 is 0. The molecule has 1 aliphatic heterocycles. The van der Waals surface area contributed by atoms with E-state index in [4.69, 9.17) is 4.74 Å². The Morgan fingerprint density at radius 1 is 0.389 bits per heavy atom. The molecule has 0 saturated heterocycles. The van der Waals surface area contributed by atoms with Gasteiger partial charge in [0.05, 0.1) is 0 Å². The summed E-state index contributed by atoms with van der Waals surface area (Å²) in [7, 11) is 0. The van der Waals surface area contributed by atoms with Gasteiger partial charge in [0.2, 0.25) is 0 Å². The summed E-state index contributed by atoms with van der Waals surface area (Å²) < 4.78 is 6.53. The summed E-state index contributed by atoms with van der Waals surface area (Å²) in [4.78, 5) is 0. The van der Waals surface area contributed by atoms with Crippen LogP contribution in [0.5, 0.6) is 11.5 Å². The molecule has 1 heterocycles. The summed E-state index contributed by atoms with van der Waals surface area (Å²) in [5, 5.41) is 10.1. The van der Waals surface area contributed by atoms with Gasteiger partial charge in [-0.1, -0.05) is 91.0 Å². The summed E-state index contributed by atoms with van der Waals surface area (Å²) in [6.07, 6.45) is 0. The van der Waals surface area contributed by atoms with E-state index in [1.807, 2.05) is 0 Å². The molecule has 0 amide bonds. The van der Waals surface area contributed by atoms with E-state index in [9.17, 15) is 0 Å². The molecule has 1 aliphatic rings. The number of hydrogen-bond acceptors (Lipinski definition) is 1. The largest absolute Gasteiger partial charge is 0.457 e. The van der Waals surface area contributed by atoms with Crippen molar-refractivity contribution >= 4 is 43.1 Å². The molecule has 0 radical (unpaired) electrons. The molecule has 0 N–H and O–H groups in total.